The standard InChI is InChI=1S/C12H13F3N2/c1-11(2,3)7-4-5-9-8(6-7)10(17-16-9)12(13,14)15/h4-6H,1-3H3,(H,16,17). The molecule has 2 nitrogen and oxygen atoms in total. The van der Waals surface area contributed by atoms with Gasteiger partial charge in [0, 0.05) is 5.39 Å². The second-order valence-electron chi connectivity index (χ2n) is 5.08. The highest BCUT2D eigenvalue weighted by molar-refractivity contribution is 5.82. The Morgan fingerprint density at radius 2 is 1.76 bits per heavy atom. The normalized spacial score (nSPS) is 13.3. The van der Waals surface area contributed by atoms with Crippen molar-refractivity contribution in [3.8, 4) is 0 Å². The third kappa shape index (κ3) is 2.14. The lowest BCUT2D eigenvalue weighted by Crippen LogP contribution is -2.11. The zero-order valence-electron chi connectivity index (χ0n) is 9.81. The summed E-state index contributed by atoms with van der Waals surface area (Å²) in [4.78, 5) is 0. The van der Waals surface area contributed by atoms with Gasteiger partial charge in [-0.2, -0.15) is 18.3 Å². The van der Waals surface area contributed by atoms with E-state index in [0.29, 0.717) is 5.52 Å². The summed E-state index contributed by atoms with van der Waals surface area (Å²) in [6.45, 7) is 5.88. The molecule has 1 aromatic heterocycles. The van der Waals surface area contributed by atoms with Gasteiger partial charge in [-0.25, -0.2) is 0 Å². The maximum absolute atomic E-state index is 12.7. The van der Waals surface area contributed by atoms with Gasteiger partial charge in [-0.1, -0.05) is 26.8 Å². The summed E-state index contributed by atoms with van der Waals surface area (Å²) in [5, 5.41) is 5.85. The molecular formula is C12H13F3N2. The van der Waals surface area contributed by atoms with Crippen molar-refractivity contribution >= 4 is 10.9 Å². The molecule has 0 aliphatic rings. The monoisotopic (exact) mass is 242 g/mol. The van der Waals surface area contributed by atoms with Crippen LogP contribution in [0, 0.1) is 0 Å². The quantitative estimate of drug-likeness (QED) is 0.746. The summed E-state index contributed by atoms with van der Waals surface area (Å²) < 4.78 is 38.1. The molecule has 2 aromatic rings. The maximum atomic E-state index is 12.7. The van der Waals surface area contributed by atoms with E-state index in [-0.39, 0.29) is 10.8 Å². The number of hydrogen-bond acceptors (Lipinski definition) is 1. The summed E-state index contributed by atoms with van der Waals surface area (Å²) in [6.07, 6.45) is -4.40. The Morgan fingerprint density at radius 3 is 2.29 bits per heavy atom. The SMILES string of the molecule is CC(C)(C)c1ccc2n[nH]c(C(F)(F)F)c2c1. The van der Waals surface area contributed by atoms with Crippen molar-refractivity contribution in [1.29, 1.82) is 0 Å². The van der Waals surface area contributed by atoms with Gasteiger partial charge in [0.25, 0.3) is 0 Å². The van der Waals surface area contributed by atoms with E-state index >= 15 is 0 Å². The number of aromatic nitrogens is 2. The van der Waals surface area contributed by atoms with Crippen LogP contribution in [0.4, 0.5) is 13.2 Å². The smallest absolute Gasteiger partial charge is 0.272 e. The van der Waals surface area contributed by atoms with E-state index in [9.17, 15) is 13.2 Å². The van der Waals surface area contributed by atoms with Crippen molar-refractivity contribution in [1.82, 2.24) is 10.2 Å². The molecule has 0 aliphatic carbocycles. The summed E-state index contributed by atoms with van der Waals surface area (Å²) >= 11 is 0. The van der Waals surface area contributed by atoms with E-state index < -0.39 is 11.9 Å². The largest absolute Gasteiger partial charge is 0.433 e. The number of hydrogen-bond donors (Lipinski definition) is 1. The number of nitrogens with zero attached hydrogens (tertiary/aromatic N) is 1. The summed E-state index contributed by atoms with van der Waals surface area (Å²) in [6, 6.07) is 4.98. The van der Waals surface area contributed by atoms with Gasteiger partial charge in [0.1, 0.15) is 5.69 Å². The third-order valence-corrected chi connectivity index (χ3v) is 2.70. The minimum absolute atomic E-state index is 0.130. The molecule has 0 saturated carbocycles. The molecule has 1 heterocycles. The topological polar surface area (TPSA) is 28.7 Å². The Bertz CT molecular complexity index is 547. The molecule has 0 atom stereocenters. The van der Waals surface area contributed by atoms with Crippen LogP contribution < -0.4 is 0 Å². The van der Waals surface area contributed by atoms with Gasteiger partial charge < -0.3 is 0 Å². The fourth-order valence-electron chi connectivity index (χ4n) is 1.69. The Balaban J connectivity index is 2.67. The highest BCUT2D eigenvalue weighted by atomic mass is 19.4. The van der Waals surface area contributed by atoms with Crippen molar-refractivity contribution in [2.24, 2.45) is 0 Å². The first-order valence-corrected chi connectivity index (χ1v) is 5.25. The number of aromatic amines is 1. The molecule has 92 valence electrons. The Hall–Kier alpha value is -1.52. The van der Waals surface area contributed by atoms with Gasteiger partial charge in [0.2, 0.25) is 0 Å². The van der Waals surface area contributed by atoms with E-state index in [0.717, 1.165) is 5.56 Å². The average molecular weight is 242 g/mol. The summed E-state index contributed by atoms with van der Waals surface area (Å²) in [7, 11) is 0. The first-order chi connectivity index (χ1) is 7.69. The maximum Gasteiger partial charge on any atom is 0.433 e. The van der Waals surface area contributed by atoms with E-state index in [4.69, 9.17) is 0 Å². The number of fused-ring (bicyclic) bond motifs is 1. The summed E-state index contributed by atoms with van der Waals surface area (Å²) in [5.74, 6) is 0. The number of H-pyrrole nitrogens is 1. The molecule has 0 saturated heterocycles. The van der Waals surface area contributed by atoms with Crippen LogP contribution in [-0.4, -0.2) is 10.2 Å². The number of rotatable bonds is 0. The molecule has 5 heteroatoms. The van der Waals surface area contributed by atoms with Crippen LogP contribution in [0.25, 0.3) is 10.9 Å². The lowest BCUT2D eigenvalue weighted by molar-refractivity contribution is -0.139. The first kappa shape index (κ1) is 12.0. The molecule has 0 spiro atoms. The highest BCUT2D eigenvalue weighted by Crippen LogP contribution is 2.34. The molecule has 1 aromatic carbocycles. The van der Waals surface area contributed by atoms with E-state index in [1.54, 1.807) is 12.1 Å². The lowest BCUT2D eigenvalue weighted by Gasteiger charge is -2.19. The van der Waals surface area contributed by atoms with E-state index in [2.05, 4.69) is 10.2 Å². The first-order valence-electron chi connectivity index (χ1n) is 5.25. The number of alkyl halides is 3. The molecule has 0 fully saturated rings. The zero-order valence-corrected chi connectivity index (χ0v) is 9.81. The van der Waals surface area contributed by atoms with Crippen LogP contribution in [0.2, 0.25) is 0 Å². The Kier molecular flexibility index (Phi) is 2.45. The molecule has 1 N–H and O–H groups in total. The lowest BCUT2D eigenvalue weighted by atomic mass is 9.86. The fourth-order valence-corrected chi connectivity index (χ4v) is 1.69. The molecule has 0 radical (unpaired) electrons. The molecule has 0 bridgehead atoms. The second kappa shape index (κ2) is 3.48. The van der Waals surface area contributed by atoms with Crippen LogP contribution in [0.3, 0.4) is 0 Å². The van der Waals surface area contributed by atoms with E-state index in [1.165, 1.54) is 0 Å². The summed E-state index contributed by atoms with van der Waals surface area (Å²) in [5.41, 5.74) is 0.231. The molecule has 17 heavy (non-hydrogen) atoms. The van der Waals surface area contributed by atoms with Crippen molar-refractivity contribution < 1.29 is 13.2 Å². The van der Waals surface area contributed by atoms with Crippen molar-refractivity contribution in [3.63, 3.8) is 0 Å². The molecule has 0 aliphatic heterocycles. The van der Waals surface area contributed by atoms with Gasteiger partial charge in [0.15, 0.2) is 0 Å². The Morgan fingerprint density at radius 1 is 1.12 bits per heavy atom. The van der Waals surface area contributed by atoms with Crippen LogP contribution >= 0.6 is 0 Å². The van der Waals surface area contributed by atoms with Crippen LogP contribution in [0.1, 0.15) is 32.0 Å². The van der Waals surface area contributed by atoms with Gasteiger partial charge in [-0.05, 0) is 23.1 Å². The van der Waals surface area contributed by atoms with Crippen LogP contribution in [0.5, 0.6) is 0 Å². The van der Waals surface area contributed by atoms with Gasteiger partial charge >= 0.3 is 6.18 Å². The van der Waals surface area contributed by atoms with Crippen molar-refractivity contribution in [3.05, 3.63) is 29.5 Å². The molecule has 2 rings (SSSR count). The van der Waals surface area contributed by atoms with Gasteiger partial charge in [-0.3, -0.25) is 5.10 Å². The number of nitrogens with one attached hydrogen (secondary N) is 1. The fraction of sp³-hybridized carbons (Fsp3) is 0.417. The second-order valence-corrected chi connectivity index (χ2v) is 5.08. The predicted molar refractivity (Wildman–Crippen MR) is 59.8 cm³/mol. The predicted octanol–water partition coefficient (Wildman–Crippen LogP) is 3.88. The Labute approximate surface area is 96.8 Å². The minimum Gasteiger partial charge on any atom is -0.272 e. The highest BCUT2D eigenvalue weighted by Gasteiger charge is 2.35. The van der Waals surface area contributed by atoms with E-state index in [1.807, 2.05) is 26.8 Å². The number of halogens is 3. The molecule has 0 unspecified atom stereocenters. The van der Waals surface area contributed by atoms with Gasteiger partial charge in [0.05, 0.1) is 5.52 Å². The number of benzene rings is 1. The van der Waals surface area contributed by atoms with Gasteiger partial charge in [-0.15, -0.1) is 0 Å². The zero-order chi connectivity index (χ0) is 12.8. The van der Waals surface area contributed by atoms with Crippen LogP contribution in [0.15, 0.2) is 18.2 Å². The molecule has 0 amide bonds. The third-order valence-electron chi connectivity index (χ3n) is 2.70. The minimum atomic E-state index is -4.40. The molecular weight excluding hydrogens is 229 g/mol. The van der Waals surface area contributed by atoms with Crippen molar-refractivity contribution in [2.75, 3.05) is 0 Å². The average Bonchev–Trinajstić information content (AvgIpc) is 2.57. The van der Waals surface area contributed by atoms with Crippen LogP contribution in [-0.2, 0) is 11.6 Å². The van der Waals surface area contributed by atoms with Crippen molar-refractivity contribution in [2.45, 2.75) is 32.4 Å².